The average molecular weight is 2110 g/mol. The van der Waals surface area contributed by atoms with Crippen LogP contribution in [0.1, 0.15) is 111 Å². The SMILES string of the molecule is CCOC(=O)N1CCc2c([nH]c3ccc(Cl)cc23)C1c1ccc(OCC(O)CNC(=O)COC)cc1.COCCOC(=O)N1CCc2c([nH]c3ccc(Cl)cc23)C1c1ccc(OCCCn2ccnn2)cc1.COCCOC(=O)N1CCc2c([nH]c3ccc(Cl)cc23)C1c1ccc(OCCCn2nccn2)cc1.COc1cc(C2c3[nH]c4ccc(Cl)cc4c3CCN2C(=O)Oc2ccc(Cl)cc2)ccc1OCCn1cncn1. The molecule has 5 amide bonds. The van der Waals surface area contributed by atoms with Crippen LogP contribution in [0, 0.1) is 0 Å². The molecule has 0 aliphatic carbocycles. The minimum absolute atomic E-state index is 0.0118. The number of H-pyrrole nitrogens is 4. The number of nitrogens with one attached hydrogen (secondary N) is 5. The maximum absolute atomic E-state index is 13.6. The van der Waals surface area contributed by atoms with Crippen molar-refractivity contribution in [3.05, 3.63) is 318 Å². The zero-order valence-corrected chi connectivity index (χ0v) is 85.6. The third-order valence-electron chi connectivity index (χ3n) is 25.5. The highest BCUT2D eigenvalue weighted by Gasteiger charge is 2.41. The van der Waals surface area contributed by atoms with E-state index in [2.05, 4.69) is 55.8 Å². The first-order valence-corrected chi connectivity index (χ1v) is 50.2. The van der Waals surface area contributed by atoms with Crippen LogP contribution in [0.2, 0.25) is 25.1 Å². The normalized spacial score (nSPS) is 15.2. The zero-order valence-electron chi connectivity index (χ0n) is 81.8. The second kappa shape index (κ2) is 50.2. The number of carbonyl (C=O) groups excluding carboxylic acids is 5. The number of halogens is 5. The number of methoxy groups -OCH3 is 4. The first kappa shape index (κ1) is 105. The fraction of sp³-hybridized carbons (Fsp3) is 0.318. The predicted octanol–water partition coefficient (Wildman–Crippen LogP) is 19.0. The number of carbonyl (C=O) groups is 5. The smallest absolute Gasteiger partial charge is 0.416 e. The summed E-state index contributed by atoms with van der Waals surface area (Å²) < 4.78 is 69.6. The molecule has 20 rings (SSSR count). The molecule has 772 valence electrons. The third-order valence-corrected chi connectivity index (χ3v) is 26.7. The van der Waals surface area contributed by atoms with Gasteiger partial charge < -0.3 is 87.2 Å². The number of fused-ring (bicyclic) bond motifs is 12. The number of rotatable bonds is 34. The number of hydrogen-bond donors (Lipinski definition) is 6. The summed E-state index contributed by atoms with van der Waals surface area (Å²) in [6.07, 6.45) is 11.8. The number of nitrogens with zero attached hydrogens (tertiary/aromatic N) is 13. The van der Waals surface area contributed by atoms with Gasteiger partial charge in [0.15, 0.2) is 11.5 Å². The average Bonchev–Trinajstić information content (AvgIpc) is 1.59. The molecular formula is C107H111Cl5N18O18. The molecule has 0 radical (unpaired) electrons. The van der Waals surface area contributed by atoms with E-state index in [4.69, 9.17) is 115 Å². The standard InChI is InChI=1S/C29H25Cl2N5O4.2C26H28ClN5O4.C26H30ClN3O6/c1-38-26-14-18(2-9-25(26)39-13-12-35-17-32-16-33-35)28-27-22(23-15-20(31)5-8-24(23)34-27)10-11-36(28)29(37)40-21-6-3-19(30)4-7-21;1-34-15-16-36-26(33)31-13-9-21-22-17-19(27)5-8-23(22)30-24(21)25(31)18-3-6-20(7-4-18)35-14-2-12-32-28-10-11-29-32;1-34-15-16-36-26(33)32-12-9-21-22-17-19(27)5-8-23(22)29-24(21)25(32)18-3-6-20(7-4-18)35-14-2-11-31-13-10-28-30-31;1-3-35-26(33)30-11-10-20-21-12-17(27)6-9-22(21)29-24(20)25(30)16-4-7-19(8-5-16)36-14-18(31)13-28-23(32)15-34-2/h2-9,14-17,28,34H,10-13H2,1H3;3-8,10-11,17,25,30H,2,9,12-16H2,1H3;3-8,10,13,17,25,29H,2,9,11-12,14-16H2,1H3;4-9,12,18,25,29,31H,3,10-11,13-15H2,1-2H3,(H,28,32). The lowest BCUT2D eigenvalue weighted by molar-refractivity contribution is -0.125. The van der Waals surface area contributed by atoms with Gasteiger partial charge in [0.2, 0.25) is 5.91 Å². The Morgan fingerprint density at radius 1 is 0.419 bits per heavy atom. The summed E-state index contributed by atoms with van der Waals surface area (Å²) in [5.74, 6) is 3.33. The maximum atomic E-state index is 13.6. The van der Waals surface area contributed by atoms with Crippen LogP contribution in [0.5, 0.6) is 34.5 Å². The van der Waals surface area contributed by atoms with Crippen molar-refractivity contribution in [2.45, 2.75) is 95.4 Å². The first-order valence-electron chi connectivity index (χ1n) is 48.3. The molecule has 0 saturated carbocycles. The second-order valence-electron chi connectivity index (χ2n) is 35.0. The minimum Gasteiger partial charge on any atom is -0.494 e. The van der Waals surface area contributed by atoms with E-state index in [1.165, 1.54) is 24.6 Å². The summed E-state index contributed by atoms with van der Waals surface area (Å²) in [6.45, 7) is 8.69. The van der Waals surface area contributed by atoms with Crippen LogP contribution in [0.25, 0.3) is 43.6 Å². The van der Waals surface area contributed by atoms with Gasteiger partial charge in [-0.1, -0.05) is 106 Å². The lowest BCUT2D eigenvalue weighted by atomic mass is 9.92. The Balaban J connectivity index is 0.000000135. The first-order chi connectivity index (χ1) is 72.2. The summed E-state index contributed by atoms with van der Waals surface area (Å²) in [4.78, 5) is 90.6. The van der Waals surface area contributed by atoms with Crippen LogP contribution in [0.15, 0.2) is 225 Å². The second-order valence-corrected chi connectivity index (χ2v) is 37.2. The van der Waals surface area contributed by atoms with Crippen LogP contribution >= 0.6 is 58.0 Å². The molecule has 0 saturated heterocycles. The lowest BCUT2D eigenvalue weighted by Crippen LogP contribution is -2.42. The molecule has 7 aromatic heterocycles. The lowest BCUT2D eigenvalue weighted by Gasteiger charge is -2.35. The summed E-state index contributed by atoms with van der Waals surface area (Å²) >= 11 is 31.2. The minimum atomic E-state index is -0.871. The number of ether oxygens (including phenoxy) is 12. The van der Waals surface area contributed by atoms with Gasteiger partial charge in [0.05, 0.1) is 71.8 Å². The molecule has 0 bridgehead atoms. The van der Waals surface area contributed by atoms with Crippen LogP contribution in [0.4, 0.5) is 19.2 Å². The molecule has 9 aromatic carbocycles. The fourth-order valence-corrected chi connectivity index (χ4v) is 19.5. The number of aliphatic hydroxyl groups is 1. The molecule has 0 spiro atoms. The van der Waals surface area contributed by atoms with Gasteiger partial charge >= 0.3 is 24.4 Å². The van der Waals surface area contributed by atoms with E-state index < -0.39 is 18.2 Å². The van der Waals surface area contributed by atoms with E-state index in [1.54, 1.807) is 123 Å². The number of aliphatic hydroxyl groups excluding tert-OH is 1. The van der Waals surface area contributed by atoms with Crippen molar-refractivity contribution in [2.24, 2.45) is 0 Å². The molecule has 41 heteroatoms. The van der Waals surface area contributed by atoms with Gasteiger partial charge in [-0.3, -0.25) is 29.1 Å². The predicted molar refractivity (Wildman–Crippen MR) is 558 cm³/mol. The van der Waals surface area contributed by atoms with E-state index in [1.807, 2.05) is 158 Å². The Labute approximate surface area is 876 Å². The Morgan fingerprint density at radius 2 is 0.845 bits per heavy atom. The highest BCUT2D eigenvalue weighted by Crippen LogP contribution is 2.47. The van der Waals surface area contributed by atoms with Gasteiger partial charge in [0, 0.05) is 171 Å². The number of amides is 5. The van der Waals surface area contributed by atoms with Crippen molar-refractivity contribution in [2.75, 3.05) is 127 Å². The Kier molecular flexibility index (Phi) is 35.5. The van der Waals surface area contributed by atoms with Crippen molar-refractivity contribution in [3.63, 3.8) is 0 Å². The van der Waals surface area contributed by atoms with Gasteiger partial charge in [0.25, 0.3) is 0 Å². The molecule has 11 heterocycles. The van der Waals surface area contributed by atoms with E-state index in [0.717, 1.165) is 131 Å². The molecule has 4 aliphatic heterocycles. The van der Waals surface area contributed by atoms with Crippen molar-refractivity contribution in [1.82, 2.24) is 89.6 Å². The van der Waals surface area contributed by atoms with E-state index in [9.17, 15) is 29.1 Å². The topological polar surface area (TPSA) is 397 Å². The number of hydrogen-bond acceptors (Lipinski definition) is 24. The van der Waals surface area contributed by atoms with Crippen molar-refractivity contribution in [3.8, 4) is 34.5 Å². The molecule has 5 atom stereocenters. The highest BCUT2D eigenvalue weighted by molar-refractivity contribution is 6.32. The van der Waals surface area contributed by atoms with Crippen molar-refractivity contribution >= 4 is 132 Å². The number of aromatic amines is 4. The van der Waals surface area contributed by atoms with Gasteiger partial charge in [-0.15, -0.1) is 5.10 Å². The Bertz CT molecular complexity index is 6960. The summed E-state index contributed by atoms with van der Waals surface area (Å²) in [6, 6.07) is 57.2. The van der Waals surface area contributed by atoms with Gasteiger partial charge in [-0.25, -0.2) is 28.8 Å². The van der Waals surface area contributed by atoms with Crippen molar-refractivity contribution < 1.29 is 85.9 Å². The summed E-state index contributed by atoms with van der Waals surface area (Å²) in [5.41, 5.74) is 15.9. The Morgan fingerprint density at radius 3 is 1.27 bits per heavy atom. The molecule has 148 heavy (non-hydrogen) atoms. The summed E-state index contributed by atoms with van der Waals surface area (Å²) in [7, 11) is 6.18. The highest BCUT2D eigenvalue weighted by atomic mass is 35.5. The van der Waals surface area contributed by atoms with Gasteiger partial charge in [0.1, 0.15) is 99.0 Å². The van der Waals surface area contributed by atoms with Crippen LogP contribution in [0.3, 0.4) is 0 Å². The molecule has 16 aromatic rings. The van der Waals surface area contributed by atoms with Gasteiger partial charge in [-0.05, 0) is 223 Å². The number of aromatic nitrogens is 13. The van der Waals surface area contributed by atoms with E-state index in [-0.39, 0.29) is 81.9 Å². The van der Waals surface area contributed by atoms with E-state index in [0.29, 0.717) is 146 Å². The van der Waals surface area contributed by atoms with E-state index >= 15 is 0 Å². The molecular weight excluding hydrogens is 2000 g/mol. The molecule has 6 N–H and O–H groups in total. The number of aryl methyl sites for hydroxylation is 2. The fourth-order valence-electron chi connectivity index (χ4n) is 18.7. The monoisotopic (exact) mass is 2110 g/mol. The van der Waals surface area contributed by atoms with Crippen molar-refractivity contribution in [1.29, 1.82) is 0 Å². The molecule has 4 aliphatic rings. The zero-order chi connectivity index (χ0) is 103. The largest absolute Gasteiger partial charge is 0.494 e. The molecule has 0 fully saturated rings. The molecule has 5 unspecified atom stereocenters. The molecule has 36 nitrogen and oxygen atoms in total. The maximum Gasteiger partial charge on any atom is 0.416 e. The Hall–Kier alpha value is -14.6. The number of benzene rings is 9. The van der Waals surface area contributed by atoms with Crippen LogP contribution < -0.4 is 33.7 Å². The third kappa shape index (κ3) is 25.6. The van der Waals surface area contributed by atoms with Gasteiger partial charge in [-0.2, -0.15) is 20.1 Å². The van der Waals surface area contributed by atoms with Crippen LogP contribution in [-0.4, -0.2) is 253 Å². The summed E-state index contributed by atoms with van der Waals surface area (Å²) in [5, 5.41) is 40.2. The quantitative estimate of drug-likeness (QED) is 0.0161. The van der Waals surface area contributed by atoms with Crippen LogP contribution in [-0.2, 0) is 78.5 Å².